The number of benzene rings is 2. The van der Waals surface area contributed by atoms with Crippen molar-refractivity contribution in [2.75, 3.05) is 43.1 Å². The van der Waals surface area contributed by atoms with Crippen molar-refractivity contribution < 1.29 is 24.0 Å². The van der Waals surface area contributed by atoms with Crippen LogP contribution >= 0.6 is 0 Å². The molecule has 2 aliphatic rings. The zero-order chi connectivity index (χ0) is 22.8. The SMILES string of the molecule is COC(=O)c1ccc(N2C(=O)C[C@@H](N3CCN(c4ccc([N+](=O)[O-])cc4)CC3)C2=O)cc1. The largest absolute Gasteiger partial charge is 0.465 e. The number of non-ortho nitro benzene ring substituents is 1. The van der Waals surface area contributed by atoms with E-state index in [0.717, 1.165) is 5.69 Å². The number of hydrogen-bond acceptors (Lipinski definition) is 8. The zero-order valence-corrected chi connectivity index (χ0v) is 17.5. The molecule has 2 aromatic rings. The van der Waals surface area contributed by atoms with E-state index in [1.54, 1.807) is 24.3 Å². The lowest BCUT2D eigenvalue weighted by Crippen LogP contribution is -2.52. The second-order valence-electron chi connectivity index (χ2n) is 7.62. The predicted molar refractivity (Wildman–Crippen MR) is 116 cm³/mol. The molecule has 4 rings (SSSR count). The molecular weight excluding hydrogens is 416 g/mol. The fraction of sp³-hybridized carbons (Fsp3) is 0.318. The van der Waals surface area contributed by atoms with E-state index < -0.39 is 16.9 Å². The third-order valence-corrected chi connectivity index (χ3v) is 5.85. The molecule has 0 aliphatic carbocycles. The molecule has 1 atom stereocenters. The van der Waals surface area contributed by atoms with Crippen molar-refractivity contribution in [1.82, 2.24) is 4.90 Å². The molecule has 0 bridgehead atoms. The maximum Gasteiger partial charge on any atom is 0.337 e. The predicted octanol–water partition coefficient (Wildman–Crippen LogP) is 1.84. The summed E-state index contributed by atoms with van der Waals surface area (Å²) in [6, 6.07) is 12.1. The normalized spacial score (nSPS) is 19.3. The number of ether oxygens (including phenoxy) is 1. The highest BCUT2D eigenvalue weighted by atomic mass is 16.6. The molecule has 166 valence electrons. The molecule has 10 nitrogen and oxygen atoms in total. The van der Waals surface area contributed by atoms with E-state index in [0.29, 0.717) is 37.4 Å². The number of nitrogens with zero attached hydrogens (tertiary/aromatic N) is 4. The molecule has 2 amide bonds. The van der Waals surface area contributed by atoms with Gasteiger partial charge in [0.1, 0.15) is 0 Å². The molecule has 0 N–H and O–H groups in total. The van der Waals surface area contributed by atoms with E-state index in [4.69, 9.17) is 0 Å². The molecular formula is C22H22N4O6. The van der Waals surface area contributed by atoms with Crippen LogP contribution in [0.1, 0.15) is 16.8 Å². The van der Waals surface area contributed by atoms with Gasteiger partial charge in [0.25, 0.3) is 11.6 Å². The number of anilines is 2. The van der Waals surface area contributed by atoms with Gasteiger partial charge >= 0.3 is 5.97 Å². The summed E-state index contributed by atoms with van der Waals surface area (Å²) in [4.78, 5) is 52.9. The number of hydrogen-bond donors (Lipinski definition) is 0. The number of imide groups is 1. The standard InChI is InChI=1S/C22H22N4O6/c1-32-22(29)15-2-4-17(5-3-15)25-20(27)14-19(21(25)28)24-12-10-23(11-13-24)16-6-8-18(9-7-16)26(30)31/h2-9,19H,10-14H2,1H3/t19-/m1/s1. The fourth-order valence-corrected chi connectivity index (χ4v) is 4.11. The third-order valence-electron chi connectivity index (χ3n) is 5.85. The number of nitro groups is 1. The number of nitro benzene ring substituents is 1. The smallest absolute Gasteiger partial charge is 0.337 e. The van der Waals surface area contributed by atoms with Crippen LogP contribution in [0.5, 0.6) is 0 Å². The number of carbonyl (C=O) groups is 3. The Morgan fingerprint density at radius 2 is 1.56 bits per heavy atom. The van der Waals surface area contributed by atoms with Crippen LogP contribution in [-0.4, -0.2) is 66.9 Å². The Balaban J connectivity index is 1.40. The van der Waals surface area contributed by atoms with Gasteiger partial charge in [0, 0.05) is 44.0 Å². The summed E-state index contributed by atoms with van der Waals surface area (Å²) in [6.07, 6.45) is 0.106. The van der Waals surface area contributed by atoms with Crippen LogP contribution in [0.25, 0.3) is 0 Å². The van der Waals surface area contributed by atoms with Crippen molar-refractivity contribution in [3.8, 4) is 0 Å². The molecule has 2 saturated heterocycles. The zero-order valence-electron chi connectivity index (χ0n) is 17.5. The molecule has 0 saturated carbocycles. The van der Waals surface area contributed by atoms with Crippen molar-refractivity contribution in [2.45, 2.75) is 12.5 Å². The molecule has 0 unspecified atom stereocenters. The highest BCUT2D eigenvalue weighted by Gasteiger charge is 2.43. The summed E-state index contributed by atoms with van der Waals surface area (Å²) in [5, 5.41) is 10.8. The summed E-state index contributed by atoms with van der Waals surface area (Å²) in [5.74, 6) is -1.03. The average Bonchev–Trinajstić information content (AvgIpc) is 3.12. The van der Waals surface area contributed by atoms with Gasteiger partial charge in [-0.25, -0.2) is 9.69 Å². The number of piperazine rings is 1. The van der Waals surface area contributed by atoms with Gasteiger partial charge < -0.3 is 9.64 Å². The minimum atomic E-state index is -0.526. The van der Waals surface area contributed by atoms with Gasteiger partial charge in [-0.05, 0) is 36.4 Å². The number of methoxy groups -OCH3 is 1. The number of amides is 2. The van der Waals surface area contributed by atoms with Crippen LogP contribution in [0.15, 0.2) is 48.5 Å². The second kappa shape index (κ2) is 8.75. The van der Waals surface area contributed by atoms with Gasteiger partial charge in [0.15, 0.2) is 0 Å². The van der Waals surface area contributed by atoms with Gasteiger partial charge in [0.2, 0.25) is 5.91 Å². The summed E-state index contributed by atoms with van der Waals surface area (Å²) >= 11 is 0. The number of esters is 1. The molecule has 2 aliphatic heterocycles. The average molecular weight is 438 g/mol. The van der Waals surface area contributed by atoms with Crippen molar-refractivity contribution in [1.29, 1.82) is 0 Å². The van der Waals surface area contributed by atoms with Crippen molar-refractivity contribution in [2.24, 2.45) is 0 Å². The van der Waals surface area contributed by atoms with Gasteiger partial charge in [-0.3, -0.25) is 24.6 Å². The molecule has 10 heteroatoms. The lowest BCUT2D eigenvalue weighted by molar-refractivity contribution is -0.384. The Kier molecular flexibility index (Phi) is 5.87. The molecule has 0 radical (unpaired) electrons. The van der Waals surface area contributed by atoms with Crippen LogP contribution in [0.3, 0.4) is 0 Å². The topological polar surface area (TPSA) is 113 Å². The van der Waals surface area contributed by atoms with Crippen molar-refractivity contribution in [3.63, 3.8) is 0 Å². The van der Waals surface area contributed by atoms with E-state index in [2.05, 4.69) is 9.64 Å². The molecule has 0 aromatic heterocycles. The lowest BCUT2D eigenvalue weighted by atomic mass is 10.1. The van der Waals surface area contributed by atoms with Crippen LogP contribution in [0.2, 0.25) is 0 Å². The van der Waals surface area contributed by atoms with Crippen LogP contribution in [0, 0.1) is 10.1 Å². The van der Waals surface area contributed by atoms with E-state index in [-0.39, 0.29) is 23.9 Å². The maximum atomic E-state index is 13.0. The first-order valence-electron chi connectivity index (χ1n) is 10.2. The minimum absolute atomic E-state index is 0.0437. The first kappa shape index (κ1) is 21.4. The van der Waals surface area contributed by atoms with E-state index in [9.17, 15) is 24.5 Å². The summed E-state index contributed by atoms with van der Waals surface area (Å²) < 4.78 is 4.67. The van der Waals surface area contributed by atoms with Gasteiger partial charge in [-0.1, -0.05) is 0 Å². The Morgan fingerprint density at radius 3 is 2.12 bits per heavy atom. The number of carbonyl (C=O) groups excluding carboxylic acids is 3. The Hall–Kier alpha value is -3.79. The summed E-state index contributed by atoms with van der Waals surface area (Å²) in [5.41, 5.74) is 1.70. The van der Waals surface area contributed by atoms with Gasteiger partial charge in [-0.15, -0.1) is 0 Å². The minimum Gasteiger partial charge on any atom is -0.465 e. The van der Waals surface area contributed by atoms with Crippen LogP contribution in [0.4, 0.5) is 17.1 Å². The molecule has 2 fully saturated rings. The first-order valence-corrected chi connectivity index (χ1v) is 10.2. The van der Waals surface area contributed by atoms with Crippen LogP contribution in [-0.2, 0) is 14.3 Å². The lowest BCUT2D eigenvalue weighted by Gasteiger charge is -2.38. The monoisotopic (exact) mass is 438 g/mol. The third kappa shape index (κ3) is 4.04. The molecule has 2 aromatic carbocycles. The Bertz CT molecular complexity index is 1050. The molecule has 32 heavy (non-hydrogen) atoms. The van der Waals surface area contributed by atoms with E-state index >= 15 is 0 Å². The summed E-state index contributed by atoms with van der Waals surface area (Å²) in [7, 11) is 1.29. The maximum absolute atomic E-state index is 13.0. The first-order chi connectivity index (χ1) is 15.4. The van der Waals surface area contributed by atoms with Gasteiger partial charge in [0.05, 0.1) is 35.7 Å². The quantitative estimate of drug-likeness (QED) is 0.301. The summed E-state index contributed by atoms with van der Waals surface area (Å²) in [6.45, 7) is 2.47. The van der Waals surface area contributed by atoms with E-state index in [1.807, 2.05) is 4.90 Å². The van der Waals surface area contributed by atoms with Crippen LogP contribution < -0.4 is 9.80 Å². The van der Waals surface area contributed by atoms with Crippen molar-refractivity contribution in [3.05, 3.63) is 64.2 Å². The van der Waals surface area contributed by atoms with E-state index in [1.165, 1.54) is 36.3 Å². The molecule has 2 heterocycles. The van der Waals surface area contributed by atoms with Gasteiger partial charge in [-0.2, -0.15) is 0 Å². The Morgan fingerprint density at radius 1 is 0.969 bits per heavy atom. The number of rotatable bonds is 5. The second-order valence-corrected chi connectivity index (χ2v) is 7.62. The van der Waals surface area contributed by atoms with Crippen molar-refractivity contribution >= 4 is 34.8 Å². The Labute approximate surface area is 184 Å². The fourth-order valence-electron chi connectivity index (χ4n) is 4.11. The highest BCUT2D eigenvalue weighted by molar-refractivity contribution is 6.22. The highest BCUT2D eigenvalue weighted by Crippen LogP contribution is 2.28. The molecule has 0 spiro atoms.